The second-order valence-corrected chi connectivity index (χ2v) is 7.63. The van der Waals surface area contributed by atoms with E-state index in [1.54, 1.807) is 11.8 Å². The molecule has 1 aromatic heterocycles. The van der Waals surface area contributed by atoms with Gasteiger partial charge in [-0.05, 0) is 38.3 Å². The molecule has 0 aliphatic carbocycles. The molecule has 0 radical (unpaired) electrons. The van der Waals surface area contributed by atoms with E-state index in [4.69, 9.17) is 4.74 Å². The zero-order valence-electron chi connectivity index (χ0n) is 15.0. The molecule has 0 unspecified atom stereocenters. The van der Waals surface area contributed by atoms with Gasteiger partial charge in [0.15, 0.2) is 11.0 Å². The highest BCUT2D eigenvalue weighted by Crippen LogP contribution is 2.29. The Morgan fingerprint density at radius 1 is 1.04 bits per heavy atom. The van der Waals surface area contributed by atoms with Gasteiger partial charge in [-0.3, -0.25) is 4.57 Å². The highest BCUT2D eigenvalue weighted by atomic mass is 32.2. The summed E-state index contributed by atoms with van der Waals surface area (Å²) in [6, 6.07) is 18.8. The summed E-state index contributed by atoms with van der Waals surface area (Å²) in [7, 11) is 0. The molecule has 2 aromatic carbocycles. The van der Waals surface area contributed by atoms with Gasteiger partial charge in [0.25, 0.3) is 0 Å². The lowest BCUT2D eigenvalue weighted by Crippen LogP contribution is -2.21. The molecule has 0 amide bonds. The zero-order valence-corrected chi connectivity index (χ0v) is 15.8. The van der Waals surface area contributed by atoms with Gasteiger partial charge in [0.1, 0.15) is 0 Å². The SMILES string of the molecule is Cc1ccc(-n2c(SC[C@H]3CCCCO3)nnc2-c2ccccc2)cc1. The standard InChI is InChI=1S/C21H23N3OS/c1-16-10-12-18(13-11-16)24-20(17-7-3-2-4-8-17)22-23-21(24)26-15-19-9-5-6-14-25-19/h2-4,7-8,10-13,19H,5-6,9,14-15H2,1H3/t19-/m1/s1. The average molecular weight is 366 g/mol. The minimum atomic E-state index is 0.317. The molecule has 1 aliphatic rings. The molecular formula is C21H23N3OS. The number of thioether (sulfide) groups is 1. The third-order valence-electron chi connectivity index (χ3n) is 4.63. The fourth-order valence-electron chi connectivity index (χ4n) is 3.17. The molecule has 0 N–H and O–H groups in total. The van der Waals surface area contributed by atoms with Gasteiger partial charge in [0.2, 0.25) is 0 Å². The van der Waals surface area contributed by atoms with Crippen LogP contribution in [0, 0.1) is 6.92 Å². The van der Waals surface area contributed by atoms with Crippen molar-refractivity contribution < 1.29 is 4.74 Å². The van der Waals surface area contributed by atoms with Crippen molar-refractivity contribution in [3.8, 4) is 17.1 Å². The number of aryl methyl sites for hydroxylation is 1. The van der Waals surface area contributed by atoms with Crippen LogP contribution in [0.1, 0.15) is 24.8 Å². The van der Waals surface area contributed by atoms with Crippen LogP contribution in [0.15, 0.2) is 59.8 Å². The van der Waals surface area contributed by atoms with Gasteiger partial charge in [-0.15, -0.1) is 10.2 Å². The quantitative estimate of drug-likeness (QED) is 0.603. The van der Waals surface area contributed by atoms with Gasteiger partial charge in [-0.25, -0.2) is 0 Å². The maximum absolute atomic E-state index is 5.87. The van der Waals surface area contributed by atoms with Gasteiger partial charge in [0, 0.05) is 23.6 Å². The van der Waals surface area contributed by atoms with Gasteiger partial charge >= 0.3 is 0 Å². The molecule has 1 aliphatic heterocycles. The Kier molecular flexibility index (Phi) is 5.37. The van der Waals surface area contributed by atoms with Crippen LogP contribution in [-0.2, 0) is 4.74 Å². The van der Waals surface area contributed by atoms with Crippen LogP contribution in [0.25, 0.3) is 17.1 Å². The van der Waals surface area contributed by atoms with E-state index in [0.29, 0.717) is 6.10 Å². The molecule has 26 heavy (non-hydrogen) atoms. The van der Waals surface area contributed by atoms with Crippen LogP contribution >= 0.6 is 11.8 Å². The summed E-state index contributed by atoms with van der Waals surface area (Å²) in [5.74, 6) is 1.79. The smallest absolute Gasteiger partial charge is 0.196 e. The normalized spacial score (nSPS) is 17.3. The van der Waals surface area contributed by atoms with Gasteiger partial charge in [-0.2, -0.15) is 0 Å². The first-order chi connectivity index (χ1) is 12.8. The molecule has 5 heteroatoms. The molecule has 0 bridgehead atoms. The molecule has 1 atom stereocenters. The Hall–Kier alpha value is -2.11. The molecule has 4 rings (SSSR count). The fourth-order valence-corrected chi connectivity index (χ4v) is 4.19. The van der Waals surface area contributed by atoms with Crippen LogP contribution in [0.2, 0.25) is 0 Å². The molecule has 0 spiro atoms. The van der Waals surface area contributed by atoms with E-state index in [9.17, 15) is 0 Å². The van der Waals surface area contributed by atoms with Crippen molar-refractivity contribution in [3.05, 3.63) is 60.2 Å². The summed E-state index contributed by atoms with van der Waals surface area (Å²) >= 11 is 1.73. The summed E-state index contributed by atoms with van der Waals surface area (Å²) in [6.45, 7) is 2.98. The first-order valence-electron chi connectivity index (χ1n) is 9.13. The Morgan fingerprint density at radius 2 is 1.85 bits per heavy atom. The highest BCUT2D eigenvalue weighted by Gasteiger charge is 2.19. The molecular weight excluding hydrogens is 342 g/mol. The molecule has 134 valence electrons. The van der Waals surface area contributed by atoms with Crippen LogP contribution in [-0.4, -0.2) is 33.2 Å². The zero-order chi connectivity index (χ0) is 17.8. The van der Waals surface area contributed by atoms with Gasteiger partial charge in [-0.1, -0.05) is 59.8 Å². The number of aromatic nitrogens is 3. The number of ether oxygens (including phenoxy) is 1. The van der Waals surface area contributed by atoms with Crippen LogP contribution in [0.3, 0.4) is 0 Å². The second-order valence-electron chi connectivity index (χ2n) is 6.64. The molecule has 1 fully saturated rings. The first kappa shape index (κ1) is 17.3. The predicted octanol–water partition coefficient (Wildman–Crippen LogP) is 4.90. The van der Waals surface area contributed by atoms with Gasteiger partial charge < -0.3 is 4.74 Å². The van der Waals surface area contributed by atoms with Crippen molar-refractivity contribution in [3.63, 3.8) is 0 Å². The van der Waals surface area contributed by atoms with Crippen LogP contribution in [0.5, 0.6) is 0 Å². The van der Waals surface area contributed by atoms with E-state index in [2.05, 4.69) is 58.1 Å². The predicted molar refractivity (Wildman–Crippen MR) is 106 cm³/mol. The second kappa shape index (κ2) is 8.06. The lowest BCUT2D eigenvalue weighted by Gasteiger charge is -2.22. The lowest BCUT2D eigenvalue weighted by molar-refractivity contribution is 0.0315. The topological polar surface area (TPSA) is 39.9 Å². The Balaban J connectivity index is 1.67. The van der Waals surface area contributed by atoms with Crippen LogP contribution < -0.4 is 0 Å². The molecule has 0 saturated carbocycles. The van der Waals surface area contributed by atoms with E-state index in [-0.39, 0.29) is 0 Å². The van der Waals surface area contributed by atoms with E-state index in [0.717, 1.165) is 41.0 Å². The molecule has 1 saturated heterocycles. The molecule has 3 aromatic rings. The van der Waals surface area contributed by atoms with Gasteiger partial charge in [0.05, 0.1) is 6.10 Å². The molecule has 4 nitrogen and oxygen atoms in total. The first-order valence-corrected chi connectivity index (χ1v) is 10.1. The molecule has 2 heterocycles. The number of hydrogen-bond donors (Lipinski definition) is 0. The minimum Gasteiger partial charge on any atom is -0.377 e. The van der Waals surface area contributed by atoms with Crippen molar-refractivity contribution >= 4 is 11.8 Å². The number of nitrogens with zero attached hydrogens (tertiary/aromatic N) is 3. The van der Waals surface area contributed by atoms with Crippen LogP contribution in [0.4, 0.5) is 0 Å². The third kappa shape index (κ3) is 3.84. The monoisotopic (exact) mass is 365 g/mol. The average Bonchev–Trinajstić information content (AvgIpc) is 3.12. The van der Waals surface area contributed by atoms with Crippen molar-refractivity contribution in [2.24, 2.45) is 0 Å². The lowest BCUT2D eigenvalue weighted by atomic mass is 10.1. The van der Waals surface area contributed by atoms with Crippen molar-refractivity contribution in [2.75, 3.05) is 12.4 Å². The Labute approximate surface area is 158 Å². The fraction of sp³-hybridized carbons (Fsp3) is 0.333. The summed E-state index contributed by atoms with van der Waals surface area (Å²) in [5, 5.41) is 9.91. The highest BCUT2D eigenvalue weighted by molar-refractivity contribution is 7.99. The van der Waals surface area contributed by atoms with Crippen molar-refractivity contribution in [1.29, 1.82) is 0 Å². The maximum atomic E-state index is 5.87. The number of benzene rings is 2. The maximum Gasteiger partial charge on any atom is 0.196 e. The van der Waals surface area contributed by atoms with E-state index in [1.165, 1.54) is 18.4 Å². The largest absolute Gasteiger partial charge is 0.377 e. The van der Waals surface area contributed by atoms with E-state index in [1.807, 2.05) is 18.2 Å². The summed E-state index contributed by atoms with van der Waals surface area (Å²) in [6.07, 6.45) is 3.89. The Morgan fingerprint density at radius 3 is 2.58 bits per heavy atom. The number of hydrogen-bond acceptors (Lipinski definition) is 4. The minimum absolute atomic E-state index is 0.317. The van der Waals surface area contributed by atoms with Crippen molar-refractivity contribution in [1.82, 2.24) is 14.8 Å². The van der Waals surface area contributed by atoms with Crippen molar-refractivity contribution in [2.45, 2.75) is 37.4 Å². The summed E-state index contributed by atoms with van der Waals surface area (Å²) in [5.41, 5.74) is 3.40. The summed E-state index contributed by atoms with van der Waals surface area (Å²) in [4.78, 5) is 0. The Bertz CT molecular complexity index is 839. The number of rotatable bonds is 5. The summed E-state index contributed by atoms with van der Waals surface area (Å²) < 4.78 is 8.03. The van der Waals surface area contributed by atoms with E-state index < -0.39 is 0 Å². The third-order valence-corrected chi connectivity index (χ3v) is 5.69. The van der Waals surface area contributed by atoms with E-state index >= 15 is 0 Å².